The molecule has 31 heavy (non-hydrogen) atoms. The average Bonchev–Trinajstić information content (AvgIpc) is 2.92. The van der Waals surface area contributed by atoms with Gasteiger partial charge in [0, 0.05) is 30.9 Å². The molecule has 2 aromatic rings. The standard InChI is InChI=1S/C23H29N3O4S/c1-6-15(2)25-21(27)17-9-7-16(8-10-17)14-24-31(29,30)18-11-12-20-19(13-18)23(3,4)22(28)26(20)5/h7-13,15,24H,6,14H2,1-5H3,(H,25,27)/t15-/m0/s1. The molecule has 0 aliphatic carbocycles. The predicted octanol–water partition coefficient (Wildman–Crippen LogP) is 2.95. The summed E-state index contributed by atoms with van der Waals surface area (Å²) in [6.07, 6.45) is 0.843. The zero-order valence-corrected chi connectivity index (χ0v) is 19.3. The molecule has 0 unspecified atom stereocenters. The number of anilines is 1. The van der Waals surface area contributed by atoms with Gasteiger partial charge in [0.25, 0.3) is 5.91 Å². The molecule has 0 bridgehead atoms. The Kier molecular flexibility index (Phi) is 6.25. The first-order valence-corrected chi connectivity index (χ1v) is 11.8. The number of amides is 2. The molecule has 0 saturated heterocycles. The summed E-state index contributed by atoms with van der Waals surface area (Å²) in [5.74, 6) is -0.218. The van der Waals surface area contributed by atoms with E-state index in [0.29, 0.717) is 11.1 Å². The lowest BCUT2D eigenvalue weighted by Gasteiger charge is -2.17. The third-order valence-corrected chi connectivity index (χ3v) is 7.22. The van der Waals surface area contributed by atoms with Gasteiger partial charge >= 0.3 is 0 Å². The molecule has 2 amide bonds. The largest absolute Gasteiger partial charge is 0.350 e. The van der Waals surface area contributed by atoms with Crippen LogP contribution in [0.3, 0.4) is 0 Å². The second-order valence-corrected chi connectivity index (χ2v) is 10.2. The Morgan fingerprint density at radius 3 is 2.39 bits per heavy atom. The molecule has 1 atom stereocenters. The van der Waals surface area contributed by atoms with Crippen molar-refractivity contribution in [1.82, 2.24) is 10.0 Å². The van der Waals surface area contributed by atoms with Crippen LogP contribution in [0.5, 0.6) is 0 Å². The van der Waals surface area contributed by atoms with Gasteiger partial charge in [0.2, 0.25) is 15.9 Å². The third kappa shape index (κ3) is 4.50. The fourth-order valence-electron chi connectivity index (χ4n) is 3.56. The first-order chi connectivity index (χ1) is 14.5. The summed E-state index contributed by atoms with van der Waals surface area (Å²) in [7, 11) is -2.08. The van der Waals surface area contributed by atoms with Crippen LogP contribution < -0.4 is 14.9 Å². The monoisotopic (exact) mass is 443 g/mol. The van der Waals surface area contributed by atoms with Crippen LogP contribution in [0.15, 0.2) is 47.4 Å². The Bertz CT molecular complexity index is 1110. The molecule has 0 spiro atoms. The molecule has 8 heteroatoms. The highest BCUT2D eigenvalue weighted by Gasteiger charge is 2.42. The molecule has 166 valence electrons. The van der Waals surface area contributed by atoms with Gasteiger partial charge in [-0.2, -0.15) is 0 Å². The number of carbonyl (C=O) groups is 2. The van der Waals surface area contributed by atoms with Crippen LogP contribution in [-0.2, 0) is 26.8 Å². The summed E-state index contributed by atoms with van der Waals surface area (Å²) < 4.78 is 28.3. The van der Waals surface area contributed by atoms with Crippen LogP contribution in [0.4, 0.5) is 5.69 Å². The van der Waals surface area contributed by atoms with Gasteiger partial charge < -0.3 is 10.2 Å². The van der Waals surface area contributed by atoms with Crippen molar-refractivity contribution in [3.05, 3.63) is 59.2 Å². The predicted molar refractivity (Wildman–Crippen MR) is 121 cm³/mol. The number of likely N-dealkylation sites (N-methyl/N-ethyl adjacent to an activating group) is 1. The molecular weight excluding hydrogens is 414 g/mol. The van der Waals surface area contributed by atoms with Crippen LogP contribution >= 0.6 is 0 Å². The van der Waals surface area contributed by atoms with E-state index in [2.05, 4.69) is 10.0 Å². The molecule has 2 aromatic carbocycles. The minimum Gasteiger partial charge on any atom is -0.350 e. The lowest BCUT2D eigenvalue weighted by atomic mass is 9.86. The summed E-state index contributed by atoms with van der Waals surface area (Å²) >= 11 is 0. The van der Waals surface area contributed by atoms with Crippen molar-refractivity contribution < 1.29 is 18.0 Å². The van der Waals surface area contributed by atoms with E-state index in [1.165, 1.54) is 6.07 Å². The van der Waals surface area contributed by atoms with Crippen LogP contribution in [0.1, 0.15) is 55.6 Å². The number of rotatable bonds is 7. The number of carbonyl (C=O) groups excluding carboxylic acids is 2. The van der Waals surface area contributed by atoms with Gasteiger partial charge in [0.15, 0.2) is 0 Å². The molecule has 7 nitrogen and oxygen atoms in total. The Labute approximate surface area is 183 Å². The van der Waals surface area contributed by atoms with Crippen molar-refractivity contribution >= 4 is 27.5 Å². The highest BCUT2D eigenvalue weighted by atomic mass is 32.2. The number of nitrogens with zero attached hydrogens (tertiary/aromatic N) is 1. The number of nitrogens with one attached hydrogen (secondary N) is 2. The summed E-state index contributed by atoms with van der Waals surface area (Å²) in [6.45, 7) is 7.61. The Hall–Kier alpha value is -2.71. The molecule has 1 aliphatic heterocycles. The average molecular weight is 444 g/mol. The topological polar surface area (TPSA) is 95.6 Å². The van der Waals surface area contributed by atoms with Gasteiger partial charge in [0.05, 0.1) is 10.3 Å². The van der Waals surface area contributed by atoms with E-state index in [-0.39, 0.29) is 29.3 Å². The van der Waals surface area contributed by atoms with E-state index < -0.39 is 15.4 Å². The van der Waals surface area contributed by atoms with E-state index in [1.54, 1.807) is 62.2 Å². The Balaban J connectivity index is 1.72. The number of sulfonamides is 1. The lowest BCUT2D eigenvalue weighted by molar-refractivity contribution is -0.121. The summed E-state index contributed by atoms with van der Waals surface area (Å²) in [5, 5.41) is 2.90. The fraction of sp³-hybridized carbons (Fsp3) is 0.391. The number of fused-ring (bicyclic) bond motifs is 1. The van der Waals surface area contributed by atoms with E-state index in [4.69, 9.17) is 0 Å². The maximum atomic E-state index is 12.8. The summed E-state index contributed by atoms with van der Waals surface area (Å²) in [6, 6.07) is 11.7. The van der Waals surface area contributed by atoms with Gasteiger partial charge in [-0.15, -0.1) is 0 Å². The molecular formula is C23H29N3O4S. The third-order valence-electron chi connectivity index (χ3n) is 5.82. The molecule has 0 fully saturated rings. The molecule has 3 rings (SSSR count). The van der Waals surface area contributed by atoms with E-state index >= 15 is 0 Å². The highest BCUT2D eigenvalue weighted by molar-refractivity contribution is 7.89. The van der Waals surface area contributed by atoms with Crippen molar-refractivity contribution in [2.24, 2.45) is 0 Å². The van der Waals surface area contributed by atoms with Crippen molar-refractivity contribution in [2.75, 3.05) is 11.9 Å². The van der Waals surface area contributed by atoms with Crippen molar-refractivity contribution in [3.8, 4) is 0 Å². The van der Waals surface area contributed by atoms with Crippen molar-refractivity contribution in [1.29, 1.82) is 0 Å². The fourth-order valence-corrected chi connectivity index (χ4v) is 4.61. The maximum absolute atomic E-state index is 12.8. The molecule has 1 aliphatic rings. The SMILES string of the molecule is CC[C@H](C)NC(=O)c1ccc(CNS(=O)(=O)c2ccc3c(c2)C(C)(C)C(=O)N3C)cc1. The molecule has 1 heterocycles. The van der Waals surface area contributed by atoms with E-state index in [1.807, 2.05) is 13.8 Å². The van der Waals surface area contributed by atoms with Gasteiger partial charge in [-0.1, -0.05) is 19.1 Å². The van der Waals surface area contributed by atoms with E-state index in [0.717, 1.165) is 17.7 Å². The molecule has 2 N–H and O–H groups in total. The molecule has 0 saturated carbocycles. The van der Waals surface area contributed by atoms with Gasteiger partial charge in [-0.3, -0.25) is 9.59 Å². The van der Waals surface area contributed by atoms with Gasteiger partial charge in [-0.25, -0.2) is 13.1 Å². The highest BCUT2D eigenvalue weighted by Crippen LogP contribution is 2.41. The lowest BCUT2D eigenvalue weighted by Crippen LogP contribution is -2.33. The Morgan fingerprint density at radius 1 is 1.13 bits per heavy atom. The van der Waals surface area contributed by atoms with Crippen molar-refractivity contribution in [2.45, 2.75) is 57.0 Å². The number of hydrogen-bond acceptors (Lipinski definition) is 4. The summed E-state index contributed by atoms with van der Waals surface area (Å²) in [4.78, 5) is 26.3. The molecule has 0 aromatic heterocycles. The maximum Gasteiger partial charge on any atom is 0.251 e. The first kappa shape index (κ1) is 23.0. The first-order valence-electron chi connectivity index (χ1n) is 10.3. The normalized spacial score (nSPS) is 16.2. The number of hydrogen-bond donors (Lipinski definition) is 2. The number of benzene rings is 2. The second kappa shape index (κ2) is 8.43. The zero-order chi connectivity index (χ0) is 23.0. The molecule has 0 radical (unpaired) electrons. The Morgan fingerprint density at radius 2 is 1.77 bits per heavy atom. The van der Waals surface area contributed by atoms with Gasteiger partial charge in [0.1, 0.15) is 0 Å². The second-order valence-electron chi connectivity index (χ2n) is 8.47. The zero-order valence-electron chi connectivity index (χ0n) is 18.5. The smallest absolute Gasteiger partial charge is 0.251 e. The van der Waals surface area contributed by atoms with E-state index in [9.17, 15) is 18.0 Å². The van der Waals surface area contributed by atoms with Crippen molar-refractivity contribution in [3.63, 3.8) is 0 Å². The minimum atomic E-state index is -3.77. The van der Waals surface area contributed by atoms with Gasteiger partial charge in [-0.05, 0) is 68.7 Å². The van der Waals surface area contributed by atoms with Crippen LogP contribution in [0, 0.1) is 0 Å². The minimum absolute atomic E-state index is 0.0672. The van der Waals surface area contributed by atoms with Crippen LogP contribution in [0.2, 0.25) is 0 Å². The summed E-state index contributed by atoms with van der Waals surface area (Å²) in [5.41, 5.74) is 1.91. The van der Waals surface area contributed by atoms with Crippen LogP contribution in [0.25, 0.3) is 0 Å². The van der Waals surface area contributed by atoms with Crippen LogP contribution in [-0.4, -0.2) is 33.3 Å². The quantitative estimate of drug-likeness (QED) is 0.688.